The highest BCUT2D eigenvalue weighted by Gasteiger charge is 2.24. The van der Waals surface area contributed by atoms with E-state index >= 15 is 0 Å². The molecule has 0 radical (unpaired) electrons. The molecular formula is C53H38N4O. The van der Waals surface area contributed by atoms with Crippen LogP contribution in [0.2, 0.25) is 0 Å². The monoisotopic (exact) mass is 746 g/mol. The van der Waals surface area contributed by atoms with Gasteiger partial charge in [0.2, 0.25) is 0 Å². The summed E-state index contributed by atoms with van der Waals surface area (Å²) in [5.74, 6) is 2.04. The van der Waals surface area contributed by atoms with Crippen molar-refractivity contribution in [3.63, 3.8) is 0 Å². The van der Waals surface area contributed by atoms with Crippen molar-refractivity contribution in [2.24, 2.45) is 0 Å². The first-order chi connectivity index (χ1) is 28.7. The molecule has 3 aliphatic carbocycles. The second-order valence-electron chi connectivity index (χ2n) is 15.7. The van der Waals surface area contributed by atoms with E-state index in [1.54, 1.807) is 0 Å². The molecule has 0 bridgehead atoms. The summed E-state index contributed by atoms with van der Waals surface area (Å²) in [6.45, 7) is 4.15. The average molecular weight is 747 g/mol. The number of nitrogens with zero attached hydrogens (tertiary/aromatic N) is 4. The number of aromatic nitrogens is 4. The van der Waals surface area contributed by atoms with Crippen molar-refractivity contribution in [1.82, 2.24) is 19.1 Å². The zero-order valence-electron chi connectivity index (χ0n) is 31.9. The van der Waals surface area contributed by atoms with E-state index in [9.17, 15) is 0 Å². The molecule has 276 valence electrons. The van der Waals surface area contributed by atoms with E-state index in [0.717, 1.165) is 93.4 Å². The molecule has 58 heavy (non-hydrogen) atoms. The maximum atomic E-state index is 6.56. The molecule has 1 atom stereocenters. The first-order valence-corrected chi connectivity index (χ1v) is 20.2. The van der Waals surface area contributed by atoms with Crippen LogP contribution in [0.4, 0.5) is 0 Å². The number of para-hydroxylation sites is 2. The second-order valence-corrected chi connectivity index (χ2v) is 15.7. The molecule has 12 rings (SSSR count). The predicted octanol–water partition coefficient (Wildman–Crippen LogP) is 13.5. The fourth-order valence-corrected chi connectivity index (χ4v) is 9.39. The number of aryl methyl sites for hydroxylation is 1. The highest BCUT2D eigenvalue weighted by Crippen LogP contribution is 2.43. The van der Waals surface area contributed by atoms with E-state index in [4.69, 9.17) is 14.4 Å². The molecule has 4 heterocycles. The van der Waals surface area contributed by atoms with Crippen LogP contribution in [-0.2, 0) is 6.42 Å². The van der Waals surface area contributed by atoms with Gasteiger partial charge in [-0.05, 0) is 79.4 Å². The summed E-state index contributed by atoms with van der Waals surface area (Å²) >= 11 is 0. The Labute approximate surface area is 335 Å². The molecule has 0 fully saturated rings. The third-order valence-corrected chi connectivity index (χ3v) is 12.2. The molecule has 0 saturated carbocycles. The van der Waals surface area contributed by atoms with Gasteiger partial charge in [-0.3, -0.25) is 0 Å². The van der Waals surface area contributed by atoms with Gasteiger partial charge in [-0.25, -0.2) is 9.97 Å². The highest BCUT2D eigenvalue weighted by molar-refractivity contribution is 6.20. The fraction of sp³-hybridized carbons (Fsp3) is 0.0943. The molecule has 0 spiro atoms. The fourth-order valence-electron chi connectivity index (χ4n) is 9.39. The smallest absolute Gasteiger partial charge is 0.137 e. The summed E-state index contributed by atoms with van der Waals surface area (Å²) in [7, 11) is 0. The molecule has 0 saturated heterocycles. The average Bonchev–Trinajstić information content (AvgIpc) is 3.94. The first-order valence-electron chi connectivity index (χ1n) is 20.2. The van der Waals surface area contributed by atoms with Crippen LogP contribution < -0.4 is 0 Å². The number of furan rings is 1. The van der Waals surface area contributed by atoms with Crippen molar-refractivity contribution in [3.05, 3.63) is 193 Å². The minimum atomic E-state index is 0.129. The lowest BCUT2D eigenvalue weighted by molar-refractivity contribution is 0.546. The predicted molar refractivity (Wildman–Crippen MR) is 240 cm³/mol. The minimum absolute atomic E-state index is 0.129. The Balaban J connectivity index is 1.07. The molecule has 0 amide bonds. The van der Waals surface area contributed by atoms with Crippen molar-refractivity contribution in [2.75, 3.05) is 0 Å². The van der Waals surface area contributed by atoms with Gasteiger partial charge in [-0.1, -0.05) is 121 Å². The van der Waals surface area contributed by atoms with Crippen molar-refractivity contribution < 1.29 is 4.42 Å². The topological polar surface area (TPSA) is 48.8 Å². The summed E-state index contributed by atoms with van der Waals surface area (Å²) in [5.41, 5.74) is 14.1. The molecule has 9 aromatic rings. The van der Waals surface area contributed by atoms with Crippen LogP contribution in [0.15, 0.2) is 174 Å². The van der Waals surface area contributed by atoms with Gasteiger partial charge in [0, 0.05) is 56.4 Å². The quantitative estimate of drug-likeness (QED) is 0.176. The normalized spacial score (nSPS) is 16.4. The van der Waals surface area contributed by atoms with E-state index in [-0.39, 0.29) is 5.92 Å². The summed E-state index contributed by atoms with van der Waals surface area (Å²) in [6, 6.07) is 39.8. The van der Waals surface area contributed by atoms with Gasteiger partial charge in [0.1, 0.15) is 17.2 Å². The zero-order valence-corrected chi connectivity index (χ0v) is 31.9. The van der Waals surface area contributed by atoms with Gasteiger partial charge in [0.25, 0.3) is 0 Å². The number of rotatable bonds is 5. The molecule has 5 nitrogen and oxygen atoms in total. The Hall–Kier alpha value is -7.24. The Bertz CT molecular complexity index is 3300. The SMILES string of the molecule is C=C1C=CC(c2cc(-c3ccc(-n4c5cc(-n6c7ccccc7c7ccccc76)ccc5c5ccc6oc7c(c6c54)C=CCC7)cc3)nc(C3C=CC=CC3)n2)=CC1. The molecule has 1 unspecified atom stereocenters. The molecule has 0 aliphatic heterocycles. The summed E-state index contributed by atoms with van der Waals surface area (Å²) < 4.78 is 11.4. The van der Waals surface area contributed by atoms with E-state index in [1.165, 1.54) is 43.5 Å². The third kappa shape index (κ3) is 5.09. The highest BCUT2D eigenvalue weighted by atomic mass is 16.3. The van der Waals surface area contributed by atoms with Crippen LogP contribution in [0.5, 0.6) is 0 Å². The number of benzene rings is 5. The largest absolute Gasteiger partial charge is 0.460 e. The Morgan fingerprint density at radius 1 is 0.655 bits per heavy atom. The summed E-state index contributed by atoms with van der Waals surface area (Å²) in [6.07, 6.45) is 23.2. The van der Waals surface area contributed by atoms with Crippen LogP contribution in [-0.4, -0.2) is 19.1 Å². The number of hydrogen-bond acceptors (Lipinski definition) is 3. The standard InChI is InChI=1S/C53H38N4O/c1-33-19-21-34(22-20-33)44-32-45(55-53(54-44)36-11-3-2-4-12-36)35-23-25-37(26-24-35)57-48-31-38(56-46-16-8-5-13-39(46)40-14-6-9-17-47(40)56)27-28-41(48)42-29-30-50-51(52(42)57)43-15-7-10-18-49(43)58-50/h2-9,11,13-17,19,21-32,36H,1,10,12,18,20H2. The van der Waals surface area contributed by atoms with Gasteiger partial charge in [0.05, 0.1) is 38.8 Å². The van der Waals surface area contributed by atoms with Crippen LogP contribution in [0.25, 0.3) is 88.9 Å². The molecule has 5 aromatic carbocycles. The number of fused-ring (bicyclic) bond motifs is 10. The number of hydrogen-bond donors (Lipinski definition) is 0. The lowest BCUT2D eigenvalue weighted by Gasteiger charge is -2.16. The van der Waals surface area contributed by atoms with Crippen LogP contribution in [0, 0.1) is 0 Å². The van der Waals surface area contributed by atoms with E-state index < -0.39 is 0 Å². The lowest BCUT2D eigenvalue weighted by atomic mass is 9.97. The zero-order chi connectivity index (χ0) is 38.3. The van der Waals surface area contributed by atoms with Crippen molar-refractivity contribution in [3.8, 4) is 22.6 Å². The third-order valence-electron chi connectivity index (χ3n) is 12.2. The summed E-state index contributed by atoms with van der Waals surface area (Å²) in [4.78, 5) is 10.3. The van der Waals surface area contributed by atoms with E-state index in [2.05, 4.69) is 180 Å². The van der Waals surface area contributed by atoms with Crippen LogP contribution >= 0.6 is 0 Å². The maximum absolute atomic E-state index is 6.56. The van der Waals surface area contributed by atoms with Gasteiger partial charge in [-0.15, -0.1) is 0 Å². The van der Waals surface area contributed by atoms with E-state index in [0.29, 0.717) is 0 Å². The molecule has 0 N–H and O–H groups in total. The Morgan fingerprint density at radius 3 is 2.19 bits per heavy atom. The first kappa shape index (κ1) is 33.0. The van der Waals surface area contributed by atoms with E-state index in [1.807, 2.05) is 0 Å². The Kier molecular flexibility index (Phi) is 7.33. The molecule has 3 aliphatic rings. The van der Waals surface area contributed by atoms with Gasteiger partial charge in [0.15, 0.2) is 0 Å². The molecular weight excluding hydrogens is 709 g/mol. The molecule has 5 heteroatoms. The molecule has 4 aromatic heterocycles. The maximum Gasteiger partial charge on any atom is 0.137 e. The van der Waals surface area contributed by atoms with Crippen LogP contribution in [0.1, 0.15) is 48.0 Å². The van der Waals surface area contributed by atoms with Crippen molar-refractivity contribution in [2.45, 2.75) is 31.6 Å². The van der Waals surface area contributed by atoms with Gasteiger partial charge >= 0.3 is 0 Å². The lowest BCUT2D eigenvalue weighted by Crippen LogP contribution is -2.07. The summed E-state index contributed by atoms with van der Waals surface area (Å²) in [5, 5.41) is 6.08. The Morgan fingerprint density at radius 2 is 1.41 bits per heavy atom. The van der Waals surface area contributed by atoms with Crippen LogP contribution in [0.3, 0.4) is 0 Å². The van der Waals surface area contributed by atoms with Crippen molar-refractivity contribution in [1.29, 1.82) is 0 Å². The van der Waals surface area contributed by atoms with Gasteiger partial charge < -0.3 is 13.6 Å². The van der Waals surface area contributed by atoms with Crippen molar-refractivity contribution >= 4 is 66.2 Å². The number of allylic oxidation sites excluding steroid dienone is 10. The minimum Gasteiger partial charge on any atom is -0.460 e. The second kappa shape index (κ2) is 12.9. The van der Waals surface area contributed by atoms with Gasteiger partial charge in [-0.2, -0.15) is 0 Å².